The monoisotopic (exact) mass is 250 g/mol. The number of hydrogen-bond donors (Lipinski definition) is 0. The number of thiophene rings is 1. The van der Waals surface area contributed by atoms with Crippen LogP contribution in [0.5, 0.6) is 0 Å². The van der Waals surface area contributed by atoms with Crippen LogP contribution in [0.2, 0.25) is 5.02 Å². The molecule has 0 radical (unpaired) electrons. The molecule has 0 N–H and O–H groups in total. The van der Waals surface area contributed by atoms with Crippen molar-refractivity contribution in [1.82, 2.24) is 0 Å². The molecule has 1 aromatic carbocycles. The highest BCUT2D eigenvalue weighted by Crippen LogP contribution is 2.21. The van der Waals surface area contributed by atoms with Crippen molar-refractivity contribution in [2.75, 3.05) is 0 Å². The molecule has 16 heavy (non-hydrogen) atoms. The van der Waals surface area contributed by atoms with Gasteiger partial charge in [0.2, 0.25) is 0 Å². The van der Waals surface area contributed by atoms with Gasteiger partial charge in [0.05, 0.1) is 0 Å². The Morgan fingerprint density at radius 2 is 2.12 bits per heavy atom. The molecule has 82 valence electrons. The average molecular weight is 251 g/mol. The maximum absolute atomic E-state index is 12.0. The Bertz CT molecular complexity index is 503. The summed E-state index contributed by atoms with van der Waals surface area (Å²) in [4.78, 5) is 13.1. The van der Waals surface area contributed by atoms with E-state index in [1.165, 1.54) is 0 Å². The minimum absolute atomic E-state index is 0.127. The zero-order valence-electron chi connectivity index (χ0n) is 8.87. The van der Waals surface area contributed by atoms with Crippen LogP contribution in [0.3, 0.4) is 0 Å². The van der Waals surface area contributed by atoms with Gasteiger partial charge in [-0.25, -0.2) is 0 Å². The molecule has 0 saturated heterocycles. The smallest absolute Gasteiger partial charge is 0.168 e. The number of halogens is 1. The van der Waals surface area contributed by atoms with Gasteiger partial charge >= 0.3 is 0 Å². The minimum Gasteiger partial charge on any atom is -0.294 e. The highest BCUT2D eigenvalue weighted by molar-refractivity contribution is 7.10. The van der Waals surface area contributed by atoms with Crippen molar-refractivity contribution >= 4 is 28.7 Å². The number of ketones is 1. The van der Waals surface area contributed by atoms with Gasteiger partial charge in [-0.3, -0.25) is 4.79 Å². The van der Waals surface area contributed by atoms with Crippen molar-refractivity contribution in [2.24, 2.45) is 0 Å². The van der Waals surface area contributed by atoms with E-state index in [0.717, 1.165) is 16.0 Å². The summed E-state index contributed by atoms with van der Waals surface area (Å²) in [6.45, 7) is 1.88. The fraction of sp³-hybridized carbons (Fsp3) is 0.154. The summed E-state index contributed by atoms with van der Waals surface area (Å²) < 4.78 is 0. The van der Waals surface area contributed by atoms with Crippen molar-refractivity contribution in [1.29, 1.82) is 0 Å². The topological polar surface area (TPSA) is 17.1 Å². The largest absolute Gasteiger partial charge is 0.294 e. The van der Waals surface area contributed by atoms with E-state index in [2.05, 4.69) is 0 Å². The van der Waals surface area contributed by atoms with Gasteiger partial charge in [0.25, 0.3) is 0 Å². The first-order valence-electron chi connectivity index (χ1n) is 4.99. The van der Waals surface area contributed by atoms with E-state index in [1.54, 1.807) is 17.4 Å². The second kappa shape index (κ2) is 4.81. The SMILES string of the molecule is Cc1c(Cl)cccc1C(=O)Cc1cccs1. The summed E-state index contributed by atoms with van der Waals surface area (Å²) in [6.07, 6.45) is 0.457. The van der Waals surface area contributed by atoms with Gasteiger partial charge in [0.1, 0.15) is 0 Å². The van der Waals surface area contributed by atoms with Gasteiger partial charge in [0, 0.05) is 21.9 Å². The summed E-state index contributed by atoms with van der Waals surface area (Å²) in [7, 11) is 0. The number of hydrogen-bond acceptors (Lipinski definition) is 2. The van der Waals surface area contributed by atoms with E-state index >= 15 is 0 Å². The molecule has 1 heterocycles. The second-order valence-electron chi connectivity index (χ2n) is 3.59. The Morgan fingerprint density at radius 3 is 2.81 bits per heavy atom. The molecule has 2 aromatic rings. The lowest BCUT2D eigenvalue weighted by Crippen LogP contribution is -2.04. The Kier molecular flexibility index (Phi) is 3.42. The number of carbonyl (C=O) groups is 1. The lowest BCUT2D eigenvalue weighted by Gasteiger charge is -2.05. The van der Waals surface area contributed by atoms with E-state index in [0.29, 0.717) is 11.4 Å². The second-order valence-corrected chi connectivity index (χ2v) is 5.03. The molecular formula is C13H11ClOS. The van der Waals surface area contributed by atoms with Crippen LogP contribution < -0.4 is 0 Å². The maximum Gasteiger partial charge on any atom is 0.168 e. The standard InChI is InChI=1S/C13H11ClOS/c1-9-11(5-2-6-12(9)14)13(15)8-10-4-3-7-16-10/h2-7H,8H2,1H3. The van der Waals surface area contributed by atoms with E-state index in [-0.39, 0.29) is 5.78 Å². The van der Waals surface area contributed by atoms with Crippen molar-refractivity contribution in [3.63, 3.8) is 0 Å². The van der Waals surface area contributed by atoms with E-state index in [4.69, 9.17) is 11.6 Å². The summed E-state index contributed by atoms with van der Waals surface area (Å²) in [5, 5.41) is 2.63. The van der Waals surface area contributed by atoms with Crippen LogP contribution in [-0.2, 0) is 6.42 Å². The van der Waals surface area contributed by atoms with E-state index in [9.17, 15) is 4.79 Å². The molecule has 0 saturated carbocycles. The van der Waals surface area contributed by atoms with Crippen molar-refractivity contribution < 1.29 is 4.79 Å². The van der Waals surface area contributed by atoms with Crippen LogP contribution in [0.1, 0.15) is 20.8 Å². The van der Waals surface area contributed by atoms with E-state index < -0.39 is 0 Å². The van der Waals surface area contributed by atoms with Crippen LogP contribution in [0.4, 0.5) is 0 Å². The first-order chi connectivity index (χ1) is 7.68. The highest BCUT2D eigenvalue weighted by Gasteiger charge is 2.11. The molecule has 0 amide bonds. The molecule has 0 fully saturated rings. The van der Waals surface area contributed by atoms with Crippen LogP contribution in [0.15, 0.2) is 35.7 Å². The number of rotatable bonds is 3. The third-order valence-electron chi connectivity index (χ3n) is 2.48. The van der Waals surface area contributed by atoms with Gasteiger partial charge < -0.3 is 0 Å². The van der Waals surface area contributed by atoms with Crippen molar-refractivity contribution in [3.8, 4) is 0 Å². The summed E-state index contributed by atoms with van der Waals surface area (Å²) >= 11 is 7.59. The average Bonchev–Trinajstić information content (AvgIpc) is 2.74. The molecule has 0 aliphatic rings. The molecule has 0 spiro atoms. The fourth-order valence-electron chi connectivity index (χ4n) is 1.58. The van der Waals surface area contributed by atoms with Crippen LogP contribution >= 0.6 is 22.9 Å². The van der Waals surface area contributed by atoms with Gasteiger partial charge in [-0.2, -0.15) is 0 Å². The Hall–Kier alpha value is -1.12. The molecule has 1 nitrogen and oxygen atoms in total. The minimum atomic E-state index is 0.127. The summed E-state index contributed by atoms with van der Waals surface area (Å²) in [5.74, 6) is 0.127. The highest BCUT2D eigenvalue weighted by atomic mass is 35.5. The van der Waals surface area contributed by atoms with Gasteiger partial charge in [-0.05, 0) is 30.0 Å². The quantitative estimate of drug-likeness (QED) is 0.749. The lowest BCUT2D eigenvalue weighted by atomic mass is 10.0. The molecule has 0 bridgehead atoms. The zero-order chi connectivity index (χ0) is 11.5. The van der Waals surface area contributed by atoms with Gasteiger partial charge in [-0.1, -0.05) is 29.8 Å². The van der Waals surface area contributed by atoms with Crippen molar-refractivity contribution in [3.05, 3.63) is 56.7 Å². The third-order valence-corrected chi connectivity index (χ3v) is 3.77. The van der Waals surface area contributed by atoms with E-state index in [1.807, 2.05) is 36.6 Å². The molecule has 1 aromatic heterocycles. The van der Waals surface area contributed by atoms with Gasteiger partial charge in [-0.15, -0.1) is 11.3 Å². The molecule has 2 rings (SSSR count). The molecular weight excluding hydrogens is 240 g/mol. The lowest BCUT2D eigenvalue weighted by molar-refractivity contribution is 0.0993. The molecule has 0 aliphatic heterocycles. The first kappa shape index (κ1) is 11.4. The predicted molar refractivity (Wildman–Crippen MR) is 68.5 cm³/mol. The predicted octanol–water partition coefficient (Wildman–Crippen LogP) is 4.14. The Morgan fingerprint density at radius 1 is 1.31 bits per heavy atom. The Balaban J connectivity index is 2.24. The number of carbonyl (C=O) groups excluding carboxylic acids is 1. The molecule has 3 heteroatoms. The van der Waals surface area contributed by atoms with Crippen LogP contribution in [-0.4, -0.2) is 5.78 Å². The van der Waals surface area contributed by atoms with Crippen LogP contribution in [0.25, 0.3) is 0 Å². The summed E-state index contributed by atoms with van der Waals surface area (Å²) in [6, 6.07) is 9.38. The number of Topliss-reactive ketones (excluding diaryl/α,β-unsaturated/α-hetero) is 1. The number of benzene rings is 1. The molecule has 0 atom stereocenters. The third kappa shape index (κ3) is 2.34. The first-order valence-corrected chi connectivity index (χ1v) is 6.25. The zero-order valence-corrected chi connectivity index (χ0v) is 10.4. The maximum atomic E-state index is 12.0. The fourth-order valence-corrected chi connectivity index (χ4v) is 2.45. The Labute approximate surface area is 104 Å². The van der Waals surface area contributed by atoms with Crippen LogP contribution in [0, 0.1) is 6.92 Å². The van der Waals surface area contributed by atoms with Crippen molar-refractivity contribution in [2.45, 2.75) is 13.3 Å². The molecule has 0 aliphatic carbocycles. The normalized spacial score (nSPS) is 10.4. The van der Waals surface area contributed by atoms with Gasteiger partial charge in [0.15, 0.2) is 5.78 Å². The molecule has 0 unspecified atom stereocenters. The summed E-state index contributed by atoms with van der Waals surface area (Å²) in [5.41, 5.74) is 1.59.